The van der Waals surface area contributed by atoms with E-state index in [-0.39, 0.29) is 28.3 Å². The van der Waals surface area contributed by atoms with Crippen molar-refractivity contribution in [2.75, 3.05) is 12.4 Å². The molecule has 8 nitrogen and oxygen atoms in total. The Morgan fingerprint density at radius 1 is 1.17 bits per heavy atom. The Hall–Kier alpha value is -3.42. The number of aromatic carboxylic acids is 1. The molecule has 0 fully saturated rings. The first-order valence-corrected chi connectivity index (χ1v) is 6.40. The Balaban J connectivity index is 2.33. The van der Waals surface area contributed by atoms with Gasteiger partial charge in [-0.2, -0.15) is 0 Å². The number of carboxylic acids is 1. The molecule has 2 aromatic rings. The third kappa shape index (κ3) is 3.43. The zero-order valence-electron chi connectivity index (χ0n) is 12.0. The number of methoxy groups -OCH3 is 1. The number of amides is 1. The number of nitro groups is 1. The Morgan fingerprint density at radius 2 is 1.83 bits per heavy atom. The Morgan fingerprint density at radius 3 is 2.39 bits per heavy atom. The van der Waals surface area contributed by atoms with Crippen LogP contribution >= 0.6 is 0 Å². The van der Waals surface area contributed by atoms with E-state index in [4.69, 9.17) is 9.84 Å². The second-order valence-electron chi connectivity index (χ2n) is 4.45. The van der Waals surface area contributed by atoms with E-state index >= 15 is 0 Å². The van der Waals surface area contributed by atoms with Gasteiger partial charge in [-0.05, 0) is 24.3 Å². The van der Waals surface area contributed by atoms with Crippen molar-refractivity contribution in [2.24, 2.45) is 0 Å². The van der Waals surface area contributed by atoms with Crippen LogP contribution in [0.1, 0.15) is 20.7 Å². The smallest absolute Gasteiger partial charge is 0.336 e. The topological polar surface area (TPSA) is 119 Å². The van der Waals surface area contributed by atoms with E-state index in [1.165, 1.54) is 43.5 Å². The van der Waals surface area contributed by atoms with E-state index in [0.29, 0.717) is 0 Å². The lowest BCUT2D eigenvalue weighted by Gasteiger charge is -2.09. The van der Waals surface area contributed by atoms with E-state index < -0.39 is 16.8 Å². The van der Waals surface area contributed by atoms with E-state index in [1.54, 1.807) is 0 Å². The van der Waals surface area contributed by atoms with Gasteiger partial charge in [0, 0.05) is 11.8 Å². The van der Waals surface area contributed by atoms with Crippen LogP contribution in [0.3, 0.4) is 0 Å². The number of nitro benzene ring substituents is 1. The average Bonchev–Trinajstić information content (AvgIpc) is 2.54. The third-order valence-corrected chi connectivity index (χ3v) is 3.04. The van der Waals surface area contributed by atoms with E-state index in [9.17, 15) is 19.7 Å². The van der Waals surface area contributed by atoms with Gasteiger partial charge in [0.15, 0.2) is 5.75 Å². The van der Waals surface area contributed by atoms with Crippen LogP contribution in [0.2, 0.25) is 0 Å². The normalized spacial score (nSPS) is 9.96. The van der Waals surface area contributed by atoms with Gasteiger partial charge in [0.05, 0.1) is 23.2 Å². The quantitative estimate of drug-likeness (QED) is 0.646. The second kappa shape index (κ2) is 6.56. The molecule has 1 amide bonds. The highest BCUT2D eigenvalue weighted by atomic mass is 16.6. The van der Waals surface area contributed by atoms with Gasteiger partial charge >= 0.3 is 11.7 Å². The van der Waals surface area contributed by atoms with Gasteiger partial charge in [-0.3, -0.25) is 14.9 Å². The highest BCUT2D eigenvalue weighted by Gasteiger charge is 2.19. The van der Waals surface area contributed by atoms with Crippen LogP contribution in [0.15, 0.2) is 42.5 Å². The molecule has 0 spiro atoms. The first-order chi connectivity index (χ1) is 10.9. The van der Waals surface area contributed by atoms with E-state index in [1.807, 2.05) is 0 Å². The zero-order chi connectivity index (χ0) is 17.0. The standard InChI is InChI=1S/C15H12N2O6/c1-23-13-7-6-9(8-12(13)17(21)22)16-14(18)10-4-2-3-5-11(10)15(19)20/h2-8H,1H3,(H,16,18)(H,19,20). The molecule has 0 bridgehead atoms. The SMILES string of the molecule is COc1ccc(NC(=O)c2ccccc2C(=O)O)cc1[N+](=O)[O-]. The van der Waals surface area contributed by atoms with Crippen molar-refractivity contribution in [3.63, 3.8) is 0 Å². The van der Waals surface area contributed by atoms with Gasteiger partial charge in [0.2, 0.25) is 0 Å². The summed E-state index contributed by atoms with van der Waals surface area (Å²) in [5.74, 6) is -1.86. The molecule has 2 N–H and O–H groups in total. The summed E-state index contributed by atoms with van der Waals surface area (Å²) in [5.41, 5.74) is -0.356. The number of carboxylic acid groups (broad SMARTS) is 1. The van der Waals surface area contributed by atoms with Crippen molar-refractivity contribution >= 4 is 23.3 Å². The average molecular weight is 316 g/mol. The molecule has 8 heteroatoms. The minimum absolute atomic E-state index is 0.0431. The van der Waals surface area contributed by atoms with Gasteiger partial charge in [-0.25, -0.2) is 4.79 Å². The van der Waals surface area contributed by atoms with Crippen LogP contribution < -0.4 is 10.1 Å². The lowest BCUT2D eigenvalue weighted by Crippen LogP contribution is -2.16. The fraction of sp³-hybridized carbons (Fsp3) is 0.0667. The molecule has 0 unspecified atom stereocenters. The largest absolute Gasteiger partial charge is 0.490 e. The van der Waals surface area contributed by atoms with Gasteiger partial charge in [-0.15, -0.1) is 0 Å². The Kier molecular flexibility index (Phi) is 4.55. The van der Waals surface area contributed by atoms with Crippen molar-refractivity contribution in [1.82, 2.24) is 0 Å². The molecule has 23 heavy (non-hydrogen) atoms. The summed E-state index contributed by atoms with van der Waals surface area (Å²) >= 11 is 0. The monoisotopic (exact) mass is 316 g/mol. The molecular formula is C15H12N2O6. The lowest BCUT2D eigenvalue weighted by atomic mass is 10.1. The van der Waals surface area contributed by atoms with Crippen LogP contribution in [-0.4, -0.2) is 29.0 Å². The van der Waals surface area contributed by atoms with Crippen molar-refractivity contribution in [3.8, 4) is 5.75 Å². The first kappa shape index (κ1) is 16.0. The molecule has 0 aliphatic carbocycles. The number of rotatable bonds is 5. The molecule has 118 valence electrons. The van der Waals surface area contributed by atoms with Crippen molar-refractivity contribution in [1.29, 1.82) is 0 Å². The maximum atomic E-state index is 12.2. The molecule has 2 aromatic carbocycles. The number of nitrogens with zero attached hydrogens (tertiary/aromatic N) is 1. The Labute approximate surface area is 130 Å². The third-order valence-electron chi connectivity index (χ3n) is 3.04. The molecule has 0 aromatic heterocycles. The van der Waals surface area contributed by atoms with Crippen LogP contribution in [0.5, 0.6) is 5.75 Å². The number of hydrogen-bond donors (Lipinski definition) is 2. The van der Waals surface area contributed by atoms with Gasteiger partial charge in [0.1, 0.15) is 0 Å². The molecule has 0 heterocycles. The number of hydrogen-bond acceptors (Lipinski definition) is 5. The summed E-state index contributed by atoms with van der Waals surface area (Å²) in [4.78, 5) is 33.6. The fourth-order valence-electron chi connectivity index (χ4n) is 1.98. The van der Waals surface area contributed by atoms with Crippen LogP contribution in [-0.2, 0) is 0 Å². The van der Waals surface area contributed by atoms with Crippen molar-refractivity contribution in [2.45, 2.75) is 0 Å². The molecular weight excluding hydrogens is 304 g/mol. The number of carbonyl (C=O) groups excluding carboxylic acids is 1. The molecule has 0 saturated carbocycles. The Bertz CT molecular complexity index is 787. The number of nitrogens with one attached hydrogen (secondary N) is 1. The maximum Gasteiger partial charge on any atom is 0.336 e. The predicted octanol–water partition coefficient (Wildman–Crippen LogP) is 2.55. The summed E-state index contributed by atoms with van der Waals surface area (Å²) in [6, 6.07) is 9.59. The minimum Gasteiger partial charge on any atom is -0.490 e. The number of carbonyl (C=O) groups is 2. The summed E-state index contributed by atoms with van der Waals surface area (Å²) < 4.78 is 4.87. The first-order valence-electron chi connectivity index (χ1n) is 6.40. The molecule has 0 saturated heterocycles. The van der Waals surface area contributed by atoms with Crippen molar-refractivity contribution in [3.05, 3.63) is 63.7 Å². The molecule has 0 atom stereocenters. The van der Waals surface area contributed by atoms with Crippen LogP contribution in [0, 0.1) is 10.1 Å². The maximum absolute atomic E-state index is 12.2. The fourth-order valence-corrected chi connectivity index (χ4v) is 1.98. The highest BCUT2D eigenvalue weighted by molar-refractivity contribution is 6.10. The van der Waals surface area contributed by atoms with Crippen LogP contribution in [0.4, 0.5) is 11.4 Å². The molecule has 0 radical (unpaired) electrons. The predicted molar refractivity (Wildman–Crippen MR) is 81.0 cm³/mol. The minimum atomic E-state index is -1.24. The summed E-state index contributed by atoms with van der Waals surface area (Å²) in [6.45, 7) is 0. The molecule has 2 rings (SSSR count). The summed E-state index contributed by atoms with van der Waals surface area (Å²) in [7, 11) is 1.30. The van der Waals surface area contributed by atoms with E-state index in [2.05, 4.69) is 5.32 Å². The van der Waals surface area contributed by atoms with Gasteiger partial charge in [0.25, 0.3) is 5.91 Å². The van der Waals surface area contributed by atoms with E-state index in [0.717, 1.165) is 6.07 Å². The van der Waals surface area contributed by atoms with Gasteiger partial charge < -0.3 is 15.2 Å². The second-order valence-corrected chi connectivity index (χ2v) is 4.45. The molecule has 0 aliphatic heterocycles. The van der Waals surface area contributed by atoms with Crippen molar-refractivity contribution < 1.29 is 24.4 Å². The summed E-state index contributed by atoms with van der Waals surface area (Å²) in [5, 5.41) is 22.5. The molecule has 0 aliphatic rings. The van der Waals surface area contributed by atoms with Crippen LogP contribution in [0.25, 0.3) is 0 Å². The number of benzene rings is 2. The summed E-state index contributed by atoms with van der Waals surface area (Å²) in [6.07, 6.45) is 0. The number of anilines is 1. The highest BCUT2D eigenvalue weighted by Crippen LogP contribution is 2.29. The van der Waals surface area contributed by atoms with Gasteiger partial charge in [-0.1, -0.05) is 12.1 Å². The number of ether oxygens (including phenoxy) is 1. The zero-order valence-corrected chi connectivity index (χ0v) is 12.0. The lowest BCUT2D eigenvalue weighted by molar-refractivity contribution is -0.385.